The molecule has 1 fully saturated rings. The minimum Gasteiger partial charge on any atom is -0.543 e. The maximum absolute atomic E-state index is 11.5. The Kier molecular flexibility index (Phi) is 5.32. The normalized spacial score (nSPS) is 29.0. The second-order valence-electron chi connectivity index (χ2n) is 12.3. The van der Waals surface area contributed by atoms with Crippen molar-refractivity contribution in [1.82, 2.24) is 0 Å². The van der Waals surface area contributed by atoms with Gasteiger partial charge >= 0.3 is 5.63 Å². The summed E-state index contributed by atoms with van der Waals surface area (Å²) in [4.78, 5) is 11.5. The minimum absolute atomic E-state index is 0.171. The Balaban J connectivity index is 1.39. The molecular formula is C29H38O3Si. The number of allylic oxidation sites excluding steroid dienone is 2. The van der Waals surface area contributed by atoms with Gasteiger partial charge in [-0.2, -0.15) is 0 Å². The Morgan fingerprint density at radius 2 is 1.91 bits per heavy atom. The molecule has 3 aliphatic carbocycles. The molecule has 1 aromatic heterocycles. The quantitative estimate of drug-likeness (QED) is 0.441. The third-order valence-electron chi connectivity index (χ3n) is 9.47. The van der Waals surface area contributed by atoms with Crippen LogP contribution in [-0.4, -0.2) is 8.32 Å². The van der Waals surface area contributed by atoms with Gasteiger partial charge in [0, 0.05) is 11.6 Å². The molecule has 3 nitrogen and oxygen atoms in total. The monoisotopic (exact) mass is 462 g/mol. The molecule has 0 amide bonds. The summed E-state index contributed by atoms with van der Waals surface area (Å²) >= 11 is 0. The van der Waals surface area contributed by atoms with Crippen LogP contribution in [0, 0.1) is 17.3 Å². The first kappa shape index (κ1) is 22.7. The molecule has 5 rings (SSSR count). The van der Waals surface area contributed by atoms with Crippen molar-refractivity contribution in [1.29, 1.82) is 0 Å². The number of aryl methyl sites for hydroxylation is 1. The van der Waals surface area contributed by atoms with Crippen LogP contribution in [0.1, 0.15) is 76.0 Å². The van der Waals surface area contributed by atoms with Crippen LogP contribution < -0.4 is 10.1 Å². The van der Waals surface area contributed by atoms with Crippen LogP contribution in [0.15, 0.2) is 51.9 Å². The first-order chi connectivity index (χ1) is 15.5. The smallest absolute Gasteiger partial charge is 0.335 e. The van der Waals surface area contributed by atoms with Crippen LogP contribution in [0.5, 0.6) is 5.75 Å². The molecule has 3 aliphatic rings. The molecule has 0 bridgehead atoms. The highest BCUT2D eigenvalue weighted by atomic mass is 28.4. The zero-order valence-corrected chi connectivity index (χ0v) is 22.0. The van der Waals surface area contributed by atoms with E-state index in [9.17, 15) is 4.79 Å². The van der Waals surface area contributed by atoms with E-state index in [4.69, 9.17) is 8.84 Å². The maximum atomic E-state index is 11.5. The van der Waals surface area contributed by atoms with E-state index in [1.807, 2.05) is 6.07 Å². The predicted octanol–water partition coefficient (Wildman–Crippen LogP) is 7.57. The van der Waals surface area contributed by atoms with Gasteiger partial charge in [0.15, 0.2) is 0 Å². The van der Waals surface area contributed by atoms with Crippen LogP contribution in [0.4, 0.5) is 0 Å². The molecule has 0 spiro atoms. The summed E-state index contributed by atoms with van der Waals surface area (Å²) in [6, 6.07) is 10.5. The van der Waals surface area contributed by atoms with Crippen LogP contribution in [0.3, 0.4) is 0 Å². The van der Waals surface area contributed by atoms with E-state index < -0.39 is 8.32 Å². The molecule has 0 unspecified atom stereocenters. The van der Waals surface area contributed by atoms with Crippen LogP contribution in [-0.2, 0) is 6.42 Å². The Morgan fingerprint density at radius 1 is 1.12 bits per heavy atom. The van der Waals surface area contributed by atoms with Gasteiger partial charge < -0.3 is 8.84 Å². The van der Waals surface area contributed by atoms with Gasteiger partial charge in [0.2, 0.25) is 8.32 Å². The van der Waals surface area contributed by atoms with E-state index in [0.29, 0.717) is 17.8 Å². The van der Waals surface area contributed by atoms with Crippen molar-refractivity contribution in [3.63, 3.8) is 0 Å². The van der Waals surface area contributed by atoms with Crippen molar-refractivity contribution >= 4 is 13.9 Å². The van der Waals surface area contributed by atoms with Crippen molar-refractivity contribution in [3.05, 3.63) is 69.8 Å². The average Bonchev–Trinajstić information content (AvgIpc) is 3.10. The van der Waals surface area contributed by atoms with E-state index in [1.54, 1.807) is 17.9 Å². The zero-order valence-electron chi connectivity index (χ0n) is 21.0. The highest BCUT2D eigenvalue weighted by Gasteiger charge is 2.52. The van der Waals surface area contributed by atoms with Crippen molar-refractivity contribution in [2.24, 2.45) is 17.3 Å². The lowest BCUT2D eigenvalue weighted by Gasteiger charge is -2.50. The summed E-state index contributed by atoms with van der Waals surface area (Å²) in [5.74, 6) is 3.09. The third kappa shape index (κ3) is 3.75. The van der Waals surface area contributed by atoms with Crippen molar-refractivity contribution in [2.75, 3.05) is 0 Å². The van der Waals surface area contributed by atoms with E-state index in [1.165, 1.54) is 30.4 Å². The van der Waals surface area contributed by atoms with Crippen molar-refractivity contribution in [3.8, 4) is 5.75 Å². The molecular weight excluding hydrogens is 424 g/mol. The lowest BCUT2D eigenvalue weighted by Crippen LogP contribution is -2.44. The van der Waals surface area contributed by atoms with Gasteiger partial charge in [0.25, 0.3) is 0 Å². The van der Waals surface area contributed by atoms with Gasteiger partial charge in [-0.25, -0.2) is 4.79 Å². The summed E-state index contributed by atoms with van der Waals surface area (Å²) in [6.07, 6.45) is 10.0. The fourth-order valence-corrected chi connectivity index (χ4v) is 7.62. The fourth-order valence-electron chi connectivity index (χ4n) is 6.60. The maximum Gasteiger partial charge on any atom is 0.335 e. The zero-order chi connectivity index (χ0) is 23.6. The van der Waals surface area contributed by atoms with Gasteiger partial charge in [0.05, 0.1) is 0 Å². The Labute approximate surface area is 199 Å². The predicted molar refractivity (Wildman–Crippen MR) is 137 cm³/mol. The van der Waals surface area contributed by atoms with Crippen LogP contribution in [0.25, 0.3) is 5.57 Å². The number of benzene rings is 1. The third-order valence-corrected chi connectivity index (χ3v) is 13.8. The Hall–Kier alpha value is -2.07. The van der Waals surface area contributed by atoms with Crippen LogP contribution >= 0.6 is 0 Å². The second-order valence-corrected chi connectivity index (χ2v) is 17.0. The number of hydrogen-bond acceptors (Lipinski definition) is 3. The highest BCUT2D eigenvalue weighted by Crippen LogP contribution is 2.63. The molecule has 1 heterocycles. The first-order valence-electron chi connectivity index (χ1n) is 12.6. The summed E-state index contributed by atoms with van der Waals surface area (Å²) in [7, 11) is -1.83. The van der Waals surface area contributed by atoms with Gasteiger partial charge in [-0.1, -0.05) is 39.8 Å². The molecule has 0 aliphatic heterocycles. The number of rotatable bonds is 3. The van der Waals surface area contributed by atoms with Crippen LogP contribution in [0.2, 0.25) is 18.1 Å². The lowest BCUT2D eigenvalue weighted by molar-refractivity contribution is 0.0884. The minimum atomic E-state index is -1.83. The molecule has 176 valence electrons. The molecule has 0 N–H and O–H groups in total. The van der Waals surface area contributed by atoms with Gasteiger partial charge in [-0.3, -0.25) is 0 Å². The summed E-state index contributed by atoms with van der Waals surface area (Å²) in [5, 5.41) is 0.205. The molecule has 0 radical (unpaired) electrons. The highest BCUT2D eigenvalue weighted by molar-refractivity contribution is 6.74. The van der Waals surface area contributed by atoms with Gasteiger partial charge in [-0.05, 0) is 108 Å². The Bertz CT molecular complexity index is 1130. The molecule has 2 aromatic rings. The van der Waals surface area contributed by atoms with Gasteiger partial charge in [-0.15, -0.1) is 0 Å². The standard InChI is InChI=1S/C29H38O3Si/c1-28(2,3)33(5,6)32-21-9-11-22-19(17-21)7-10-24-23(22)15-16-29(4)25(12-13-26(24)29)20-8-14-27(30)31-18-20/h8-9,11-12,14,17-18,23-24,26H,7,10,13,15-16H2,1-6H3/t23-,24-,26+,29-/m1/s1. The molecule has 33 heavy (non-hydrogen) atoms. The van der Waals surface area contributed by atoms with E-state index >= 15 is 0 Å². The lowest BCUT2D eigenvalue weighted by atomic mass is 9.54. The first-order valence-corrected chi connectivity index (χ1v) is 15.5. The second kappa shape index (κ2) is 7.73. The summed E-state index contributed by atoms with van der Waals surface area (Å²) < 4.78 is 11.8. The summed E-state index contributed by atoms with van der Waals surface area (Å²) in [6.45, 7) is 14.0. The molecule has 4 heteroatoms. The molecule has 0 saturated heterocycles. The fraction of sp³-hybridized carbons (Fsp3) is 0.552. The molecule has 1 saturated carbocycles. The van der Waals surface area contributed by atoms with E-state index in [0.717, 1.165) is 24.2 Å². The Morgan fingerprint density at radius 3 is 2.61 bits per heavy atom. The summed E-state index contributed by atoms with van der Waals surface area (Å²) in [5.41, 5.74) is 5.44. The topological polar surface area (TPSA) is 39.4 Å². The SMILES string of the molecule is CC(C)(C)[Si](C)(C)Oc1ccc2c(c1)CC[C@@H]1[C@@H]2CC[C@]2(C)C(c3ccc(=O)oc3)=CC[C@@H]12. The number of hydrogen-bond donors (Lipinski definition) is 0. The van der Waals surface area contributed by atoms with E-state index in [2.05, 4.69) is 65.1 Å². The average molecular weight is 463 g/mol. The van der Waals surface area contributed by atoms with Crippen molar-refractivity contribution in [2.45, 2.75) is 83.8 Å². The largest absolute Gasteiger partial charge is 0.543 e. The van der Waals surface area contributed by atoms with E-state index in [-0.39, 0.29) is 16.1 Å². The van der Waals surface area contributed by atoms with Gasteiger partial charge in [0.1, 0.15) is 12.0 Å². The molecule has 1 aromatic carbocycles. The number of fused-ring (bicyclic) bond motifs is 5. The van der Waals surface area contributed by atoms with Crippen molar-refractivity contribution < 1.29 is 8.84 Å². The molecule has 4 atom stereocenters.